The number of carbonyl (C=O) groups is 2. The summed E-state index contributed by atoms with van der Waals surface area (Å²) in [6.07, 6.45) is 0. The van der Waals surface area contributed by atoms with Gasteiger partial charge in [-0.15, -0.1) is 11.3 Å². The smallest absolute Gasteiger partial charge is 0.341 e. The van der Waals surface area contributed by atoms with Crippen LogP contribution in [0.3, 0.4) is 0 Å². The Kier molecular flexibility index (Phi) is 6.68. The maximum atomic E-state index is 13.3. The summed E-state index contributed by atoms with van der Waals surface area (Å²) in [5, 5.41) is 4.82. The van der Waals surface area contributed by atoms with Crippen LogP contribution in [0.1, 0.15) is 27.6 Å². The van der Waals surface area contributed by atoms with Crippen LogP contribution in [0.25, 0.3) is 11.1 Å². The molecule has 0 fully saturated rings. The van der Waals surface area contributed by atoms with Crippen molar-refractivity contribution in [2.75, 3.05) is 26.1 Å². The van der Waals surface area contributed by atoms with E-state index in [4.69, 9.17) is 14.2 Å². The van der Waals surface area contributed by atoms with Gasteiger partial charge in [0.15, 0.2) is 0 Å². The van der Waals surface area contributed by atoms with Crippen molar-refractivity contribution in [2.24, 2.45) is 0 Å². The molecule has 0 aliphatic rings. The van der Waals surface area contributed by atoms with Gasteiger partial charge >= 0.3 is 5.97 Å². The van der Waals surface area contributed by atoms with Crippen molar-refractivity contribution in [3.63, 3.8) is 0 Å². The minimum Gasteiger partial charge on any atom is -0.497 e. The van der Waals surface area contributed by atoms with Crippen LogP contribution in [0.4, 0.5) is 9.39 Å². The van der Waals surface area contributed by atoms with E-state index in [0.717, 1.165) is 0 Å². The van der Waals surface area contributed by atoms with Gasteiger partial charge in [-0.3, -0.25) is 4.79 Å². The molecule has 156 valence electrons. The Morgan fingerprint density at radius 1 is 1.07 bits per heavy atom. The summed E-state index contributed by atoms with van der Waals surface area (Å²) in [5.74, 6) is -0.528. The number of thiophene rings is 1. The number of hydrogen-bond acceptors (Lipinski definition) is 6. The molecule has 0 aliphatic heterocycles. The zero-order valence-corrected chi connectivity index (χ0v) is 17.5. The van der Waals surface area contributed by atoms with E-state index in [2.05, 4.69) is 5.32 Å². The molecular weight excluding hydrogens is 409 g/mol. The number of amides is 1. The van der Waals surface area contributed by atoms with Crippen LogP contribution in [-0.4, -0.2) is 32.7 Å². The second-order valence-electron chi connectivity index (χ2n) is 6.10. The first-order chi connectivity index (χ1) is 14.5. The third kappa shape index (κ3) is 4.44. The predicted molar refractivity (Wildman–Crippen MR) is 113 cm³/mol. The van der Waals surface area contributed by atoms with E-state index in [1.807, 2.05) is 0 Å². The van der Waals surface area contributed by atoms with E-state index in [0.29, 0.717) is 27.6 Å². The zero-order valence-electron chi connectivity index (χ0n) is 16.7. The summed E-state index contributed by atoms with van der Waals surface area (Å²) in [6.45, 7) is 1.87. The van der Waals surface area contributed by atoms with E-state index in [9.17, 15) is 14.0 Å². The topological polar surface area (TPSA) is 73.9 Å². The number of halogens is 1. The number of anilines is 1. The molecule has 0 saturated heterocycles. The van der Waals surface area contributed by atoms with Crippen LogP contribution in [0.15, 0.2) is 47.8 Å². The normalized spacial score (nSPS) is 10.4. The predicted octanol–water partition coefficient (Wildman–Crippen LogP) is 5.00. The molecule has 30 heavy (non-hydrogen) atoms. The number of rotatable bonds is 7. The number of carbonyl (C=O) groups excluding carboxylic acids is 2. The lowest BCUT2D eigenvalue weighted by molar-refractivity contribution is 0.0529. The molecule has 1 aromatic heterocycles. The third-order valence-electron chi connectivity index (χ3n) is 4.31. The second kappa shape index (κ2) is 9.41. The van der Waals surface area contributed by atoms with Crippen LogP contribution in [0, 0.1) is 5.82 Å². The highest BCUT2D eigenvalue weighted by Crippen LogP contribution is 2.37. The highest BCUT2D eigenvalue weighted by Gasteiger charge is 2.24. The number of methoxy groups -OCH3 is 2. The molecular formula is C22H20FNO5S. The van der Waals surface area contributed by atoms with E-state index in [1.54, 1.807) is 42.6 Å². The average molecular weight is 429 g/mol. The summed E-state index contributed by atoms with van der Waals surface area (Å²) < 4.78 is 28.9. The van der Waals surface area contributed by atoms with Crippen molar-refractivity contribution in [3.8, 4) is 22.6 Å². The Morgan fingerprint density at radius 2 is 1.80 bits per heavy atom. The Hall–Kier alpha value is -3.39. The molecule has 1 amide bonds. The van der Waals surface area contributed by atoms with Crippen molar-refractivity contribution in [1.29, 1.82) is 0 Å². The zero-order chi connectivity index (χ0) is 21.7. The molecule has 0 aliphatic carbocycles. The van der Waals surface area contributed by atoms with Gasteiger partial charge in [0.1, 0.15) is 27.9 Å². The van der Waals surface area contributed by atoms with Gasteiger partial charge in [0.05, 0.1) is 26.4 Å². The molecule has 8 heteroatoms. The van der Waals surface area contributed by atoms with Crippen molar-refractivity contribution in [1.82, 2.24) is 0 Å². The van der Waals surface area contributed by atoms with Crippen LogP contribution in [0.2, 0.25) is 0 Å². The molecule has 0 bridgehead atoms. The van der Waals surface area contributed by atoms with E-state index in [-0.39, 0.29) is 23.6 Å². The highest BCUT2D eigenvalue weighted by molar-refractivity contribution is 7.15. The maximum Gasteiger partial charge on any atom is 0.341 e. The monoisotopic (exact) mass is 429 g/mol. The van der Waals surface area contributed by atoms with E-state index >= 15 is 0 Å². The first-order valence-electron chi connectivity index (χ1n) is 9.06. The van der Waals surface area contributed by atoms with Crippen molar-refractivity contribution in [3.05, 3.63) is 64.8 Å². The molecule has 3 aromatic rings. The summed E-state index contributed by atoms with van der Waals surface area (Å²) >= 11 is 1.18. The first-order valence-corrected chi connectivity index (χ1v) is 9.94. The SMILES string of the molecule is CCOC(=O)c1c(-c2ccc(F)cc2)csc1NC(=O)c1ccc(OC)cc1OC. The molecule has 0 saturated carbocycles. The largest absolute Gasteiger partial charge is 0.497 e. The molecule has 6 nitrogen and oxygen atoms in total. The van der Waals surface area contributed by atoms with Crippen molar-refractivity contribution < 1.29 is 28.2 Å². The lowest BCUT2D eigenvalue weighted by atomic mass is 10.0. The van der Waals surface area contributed by atoms with Crippen LogP contribution in [0.5, 0.6) is 11.5 Å². The summed E-state index contributed by atoms with van der Waals surface area (Å²) in [7, 11) is 2.97. The summed E-state index contributed by atoms with van der Waals surface area (Å²) in [5.41, 5.74) is 1.69. The van der Waals surface area contributed by atoms with Crippen LogP contribution < -0.4 is 14.8 Å². The summed E-state index contributed by atoms with van der Waals surface area (Å²) in [6, 6.07) is 10.6. The van der Waals surface area contributed by atoms with Gasteiger partial charge in [-0.2, -0.15) is 0 Å². The Morgan fingerprint density at radius 3 is 2.43 bits per heavy atom. The standard InChI is InChI=1S/C22H20FNO5S/c1-4-29-22(26)19-17(13-5-7-14(23)8-6-13)12-30-21(19)24-20(25)16-10-9-15(27-2)11-18(16)28-3/h5-12H,4H2,1-3H3,(H,24,25). The second-order valence-corrected chi connectivity index (χ2v) is 6.98. The molecule has 0 unspecified atom stereocenters. The van der Waals surface area contributed by atoms with E-state index < -0.39 is 11.9 Å². The number of ether oxygens (including phenoxy) is 3. The first kappa shape index (κ1) is 21.3. The van der Waals surface area contributed by atoms with Gasteiger partial charge in [0, 0.05) is 17.0 Å². The lowest BCUT2D eigenvalue weighted by Crippen LogP contribution is -2.15. The van der Waals surface area contributed by atoms with Crippen LogP contribution in [-0.2, 0) is 4.74 Å². The van der Waals surface area contributed by atoms with E-state index in [1.165, 1.54) is 37.7 Å². The lowest BCUT2D eigenvalue weighted by Gasteiger charge is -2.12. The number of hydrogen-bond donors (Lipinski definition) is 1. The molecule has 1 N–H and O–H groups in total. The number of nitrogens with one attached hydrogen (secondary N) is 1. The minimum atomic E-state index is -0.574. The fourth-order valence-corrected chi connectivity index (χ4v) is 3.81. The molecule has 3 rings (SSSR count). The molecule has 1 heterocycles. The fourth-order valence-electron chi connectivity index (χ4n) is 2.85. The van der Waals surface area contributed by atoms with Gasteiger partial charge in [0.2, 0.25) is 0 Å². The molecule has 0 radical (unpaired) electrons. The van der Waals surface area contributed by atoms with Crippen LogP contribution >= 0.6 is 11.3 Å². The highest BCUT2D eigenvalue weighted by atomic mass is 32.1. The van der Waals surface area contributed by atoms with Gasteiger partial charge in [0.25, 0.3) is 5.91 Å². The Balaban J connectivity index is 1.99. The molecule has 0 atom stereocenters. The van der Waals surface area contributed by atoms with Gasteiger partial charge < -0.3 is 19.5 Å². The van der Waals surface area contributed by atoms with Crippen molar-refractivity contribution in [2.45, 2.75) is 6.92 Å². The van der Waals surface area contributed by atoms with Gasteiger partial charge in [-0.05, 0) is 36.8 Å². The van der Waals surface area contributed by atoms with Gasteiger partial charge in [-0.1, -0.05) is 12.1 Å². The minimum absolute atomic E-state index is 0.178. The molecule has 2 aromatic carbocycles. The average Bonchev–Trinajstić information content (AvgIpc) is 3.17. The summed E-state index contributed by atoms with van der Waals surface area (Å²) in [4.78, 5) is 25.5. The maximum absolute atomic E-state index is 13.3. The van der Waals surface area contributed by atoms with Gasteiger partial charge in [-0.25, -0.2) is 9.18 Å². The quantitative estimate of drug-likeness (QED) is 0.535. The fraction of sp³-hybridized carbons (Fsp3) is 0.182. The Labute approximate surface area is 177 Å². The molecule has 0 spiro atoms. The number of benzene rings is 2. The Bertz CT molecular complexity index is 1060. The number of esters is 1. The third-order valence-corrected chi connectivity index (χ3v) is 5.20. The van der Waals surface area contributed by atoms with Crippen molar-refractivity contribution >= 4 is 28.2 Å².